The van der Waals surface area contributed by atoms with E-state index in [0.29, 0.717) is 12.3 Å². The number of hydrogen-bond acceptors (Lipinski definition) is 3. The van der Waals surface area contributed by atoms with Crippen LogP contribution in [0.3, 0.4) is 0 Å². The third-order valence-electron chi connectivity index (χ3n) is 1.33. The number of rotatable bonds is 2. The van der Waals surface area contributed by atoms with Crippen LogP contribution in [-0.2, 0) is 25.1 Å². The van der Waals surface area contributed by atoms with Crippen molar-refractivity contribution >= 4 is 0 Å². The normalized spacial score (nSPS) is 10.7. The van der Waals surface area contributed by atoms with Crippen LogP contribution in [0, 0.1) is 0 Å². The third kappa shape index (κ3) is 2.39. The van der Waals surface area contributed by atoms with Crippen molar-refractivity contribution in [1.82, 2.24) is 0 Å². The maximum atomic E-state index is 9.25. The minimum atomic E-state index is 0.292. The molecule has 1 N–H and O–H groups in total. The van der Waals surface area contributed by atoms with Gasteiger partial charge in [0, 0.05) is 0 Å². The molecule has 0 bridgehead atoms. The van der Waals surface area contributed by atoms with Gasteiger partial charge in [0.2, 0.25) is 0 Å². The maximum absolute atomic E-state index is 9.25. The average Bonchev–Trinajstić information content (AvgIpc) is 2.03. The van der Waals surface area contributed by atoms with E-state index in [0.717, 1.165) is 24.1 Å². The van der Waals surface area contributed by atoms with Gasteiger partial charge >= 0.3 is 74.7 Å². The Balaban J connectivity index is 2.77. The zero-order valence-electron chi connectivity index (χ0n) is 6.07. The Hall–Kier alpha value is -0.757. The molecule has 11 heavy (non-hydrogen) atoms. The second kappa shape index (κ2) is 4.19. The van der Waals surface area contributed by atoms with Gasteiger partial charge in [-0.15, -0.1) is 0 Å². The summed E-state index contributed by atoms with van der Waals surface area (Å²) in [4.78, 5) is 0. The van der Waals surface area contributed by atoms with Crippen LogP contribution in [0.5, 0.6) is 5.75 Å². The Morgan fingerprint density at radius 2 is 2.09 bits per heavy atom. The van der Waals surface area contributed by atoms with Crippen molar-refractivity contribution in [3.63, 3.8) is 0 Å². The molecule has 0 unspecified atom stereocenters. The van der Waals surface area contributed by atoms with Crippen LogP contribution >= 0.6 is 0 Å². The summed E-state index contributed by atoms with van der Waals surface area (Å²) in [5.41, 5.74) is 0.824. The summed E-state index contributed by atoms with van der Waals surface area (Å²) in [7, 11) is 0. The predicted octanol–water partition coefficient (Wildman–Crippen LogP) is 1.81. The van der Waals surface area contributed by atoms with Crippen molar-refractivity contribution in [2.45, 2.75) is 6.54 Å². The molecule has 53 valence electrons. The molecule has 0 aliphatic heterocycles. The zero-order chi connectivity index (χ0) is 8.10. The van der Waals surface area contributed by atoms with E-state index in [2.05, 4.69) is 8.97 Å². The molecule has 0 aliphatic rings. The number of para-hydroxylation sites is 1. The first kappa shape index (κ1) is 8.34. The molecule has 0 atom stereocenters. The third-order valence-corrected chi connectivity index (χ3v) is 1.75. The van der Waals surface area contributed by atoms with Gasteiger partial charge in [0.25, 0.3) is 0 Å². The van der Waals surface area contributed by atoms with Crippen LogP contribution in [0.4, 0.5) is 0 Å². The van der Waals surface area contributed by atoms with E-state index in [9.17, 15) is 5.11 Å². The summed E-state index contributed by atoms with van der Waals surface area (Å²) < 4.78 is 3.71. The molecule has 1 aromatic carbocycles. The zero-order valence-corrected chi connectivity index (χ0v) is 9.03. The summed E-state index contributed by atoms with van der Waals surface area (Å²) >= 11 is 0.813. The van der Waals surface area contributed by atoms with Gasteiger partial charge in [0.05, 0.1) is 0 Å². The molecule has 1 rings (SSSR count). The van der Waals surface area contributed by atoms with Crippen molar-refractivity contribution in [1.29, 1.82) is 0 Å². The van der Waals surface area contributed by atoms with Gasteiger partial charge in [-0.2, -0.15) is 0 Å². The first-order valence-electron chi connectivity index (χ1n) is 3.24. The van der Waals surface area contributed by atoms with Gasteiger partial charge in [0.1, 0.15) is 0 Å². The Morgan fingerprint density at radius 1 is 1.36 bits per heavy atom. The first-order valence-corrected chi connectivity index (χ1v) is 4.56. The summed E-state index contributed by atoms with van der Waals surface area (Å²) in [6, 6.07) is 7.15. The second-order valence-corrected chi connectivity index (χ2v) is 2.66. The Morgan fingerprint density at radius 3 is 2.73 bits per heavy atom. The standard InChI is InChI=1S/C7H7N2O.Zn/c8-9-5-6-3-1-2-4-7(6)10;/h1-4,10H,5H2;/q-1;+1. The van der Waals surface area contributed by atoms with E-state index in [4.69, 9.17) is 0 Å². The monoisotopic (exact) mass is 199 g/mol. The number of phenols is 1. The van der Waals surface area contributed by atoms with Crippen molar-refractivity contribution in [2.75, 3.05) is 0 Å². The van der Waals surface area contributed by atoms with Gasteiger partial charge in [-0.25, -0.2) is 0 Å². The molecule has 3 nitrogen and oxygen atoms in total. The van der Waals surface area contributed by atoms with Gasteiger partial charge in [-0.3, -0.25) is 0 Å². The Kier molecular flexibility index (Phi) is 3.18. The van der Waals surface area contributed by atoms with E-state index in [1.165, 1.54) is 0 Å². The predicted molar refractivity (Wildman–Crippen MR) is 36.7 cm³/mol. The molecule has 1 aromatic rings. The minimum absolute atomic E-state index is 0.292. The van der Waals surface area contributed by atoms with E-state index in [-0.39, 0.29) is 0 Å². The second-order valence-electron chi connectivity index (χ2n) is 2.07. The number of aromatic hydroxyl groups is 1. The number of phenolic OH excluding ortho intramolecular Hbond substituents is 1. The molecule has 4 heteroatoms. The molecule has 0 fully saturated rings. The van der Waals surface area contributed by atoms with Crippen molar-refractivity contribution in [2.24, 2.45) is 8.97 Å². The van der Waals surface area contributed by atoms with Crippen LogP contribution in [0.15, 0.2) is 33.2 Å². The molecular weight excluding hydrogens is 193 g/mol. The molecule has 0 saturated heterocycles. The van der Waals surface area contributed by atoms with Gasteiger partial charge in [-0.1, -0.05) is 0 Å². The van der Waals surface area contributed by atoms with E-state index >= 15 is 0 Å². The quantitative estimate of drug-likeness (QED) is 0.574. The molecule has 0 saturated carbocycles. The average molecular weight is 201 g/mol. The SMILES string of the molecule is Oc1ccccc1C/N=[N]/[Zn]. The van der Waals surface area contributed by atoms with Gasteiger partial charge < -0.3 is 0 Å². The molecule has 0 aromatic heterocycles. The summed E-state index contributed by atoms with van der Waals surface area (Å²) in [6.45, 7) is 0.479. The molecular formula is C7H7N2OZn. The molecule has 0 radical (unpaired) electrons. The fourth-order valence-electron chi connectivity index (χ4n) is 0.771. The molecule has 0 amide bonds. The van der Waals surface area contributed by atoms with Crippen molar-refractivity contribution < 1.29 is 23.6 Å². The Bertz CT molecular complexity index is 262. The van der Waals surface area contributed by atoms with Gasteiger partial charge in [0.15, 0.2) is 0 Å². The van der Waals surface area contributed by atoms with Crippen LogP contribution in [-0.4, -0.2) is 5.11 Å². The van der Waals surface area contributed by atoms with Crippen molar-refractivity contribution in [3.8, 4) is 5.75 Å². The number of nitrogens with zero attached hydrogens (tertiary/aromatic N) is 2. The van der Waals surface area contributed by atoms with Gasteiger partial charge in [-0.05, 0) is 0 Å². The van der Waals surface area contributed by atoms with Crippen LogP contribution < -0.4 is 0 Å². The van der Waals surface area contributed by atoms with E-state index in [1.54, 1.807) is 12.1 Å². The number of hydrogen-bond donors (Lipinski definition) is 1. The van der Waals surface area contributed by atoms with E-state index in [1.807, 2.05) is 12.1 Å². The first-order chi connectivity index (χ1) is 5.34. The van der Waals surface area contributed by atoms with Crippen LogP contribution in [0.1, 0.15) is 5.56 Å². The van der Waals surface area contributed by atoms with E-state index < -0.39 is 0 Å². The Labute approximate surface area is 75.1 Å². The van der Waals surface area contributed by atoms with Crippen LogP contribution in [0.25, 0.3) is 0 Å². The summed E-state index contributed by atoms with van der Waals surface area (Å²) in [6.07, 6.45) is 0. The van der Waals surface area contributed by atoms with Crippen molar-refractivity contribution in [3.05, 3.63) is 29.8 Å². The molecule has 0 aliphatic carbocycles. The molecule has 0 heterocycles. The number of benzene rings is 1. The molecule has 0 spiro atoms. The fraction of sp³-hybridized carbons (Fsp3) is 0.143. The topological polar surface area (TPSA) is 45.0 Å². The summed E-state index contributed by atoms with van der Waals surface area (Å²) in [5, 5.41) is 13.1. The van der Waals surface area contributed by atoms with Crippen LogP contribution in [0.2, 0.25) is 0 Å². The summed E-state index contributed by atoms with van der Waals surface area (Å²) in [5.74, 6) is 0.292. The fourth-order valence-corrected chi connectivity index (χ4v) is 0.981.